The van der Waals surface area contributed by atoms with Crippen LogP contribution < -0.4 is 10.1 Å². The van der Waals surface area contributed by atoms with E-state index in [1.54, 1.807) is 7.11 Å². The Bertz CT molecular complexity index is 386. The highest BCUT2D eigenvalue weighted by Crippen LogP contribution is 2.13. The Morgan fingerprint density at radius 2 is 2.00 bits per heavy atom. The van der Waals surface area contributed by atoms with Gasteiger partial charge >= 0.3 is 0 Å². The summed E-state index contributed by atoms with van der Waals surface area (Å²) in [6.07, 6.45) is 3.17. The van der Waals surface area contributed by atoms with Crippen molar-refractivity contribution in [1.82, 2.24) is 5.32 Å². The standard InChI is InChI=1S/C16H23NO/c1-4-5-6-13-17-14(2)7-8-15-9-11-16(18-3)12-10-15/h9-12,14,17H,6-8,13H2,1-3H3. The van der Waals surface area contributed by atoms with Crippen LogP contribution in [0.5, 0.6) is 5.75 Å². The van der Waals surface area contributed by atoms with E-state index in [-0.39, 0.29) is 0 Å². The van der Waals surface area contributed by atoms with Gasteiger partial charge in [0.2, 0.25) is 0 Å². The maximum absolute atomic E-state index is 5.15. The van der Waals surface area contributed by atoms with E-state index in [4.69, 9.17) is 4.74 Å². The highest BCUT2D eigenvalue weighted by molar-refractivity contribution is 5.27. The normalized spacial score (nSPS) is 11.5. The highest BCUT2D eigenvalue weighted by Gasteiger charge is 2.01. The first-order valence-electron chi connectivity index (χ1n) is 6.52. The van der Waals surface area contributed by atoms with Crippen molar-refractivity contribution >= 4 is 0 Å². The average molecular weight is 245 g/mol. The molecule has 1 aromatic carbocycles. The van der Waals surface area contributed by atoms with Gasteiger partial charge in [0.15, 0.2) is 0 Å². The van der Waals surface area contributed by atoms with Crippen molar-refractivity contribution in [3.8, 4) is 17.6 Å². The van der Waals surface area contributed by atoms with Gasteiger partial charge in [0, 0.05) is 19.0 Å². The molecular formula is C16H23NO. The monoisotopic (exact) mass is 245 g/mol. The highest BCUT2D eigenvalue weighted by atomic mass is 16.5. The molecule has 0 aliphatic rings. The summed E-state index contributed by atoms with van der Waals surface area (Å²) in [7, 11) is 1.69. The zero-order chi connectivity index (χ0) is 13.2. The van der Waals surface area contributed by atoms with Crippen molar-refractivity contribution in [3.05, 3.63) is 29.8 Å². The molecule has 18 heavy (non-hydrogen) atoms. The van der Waals surface area contributed by atoms with Gasteiger partial charge in [0.1, 0.15) is 5.75 Å². The van der Waals surface area contributed by atoms with Crippen LogP contribution >= 0.6 is 0 Å². The third kappa shape index (κ3) is 5.75. The Labute approximate surface area is 111 Å². The second-order valence-corrected chi connectivity index (χ2v) is 4.42. The Morgan fingerprint density at radius 1 is 1.28 bits per heavy atom. The predicted octanol–water partition coefficient (Wildman–Crippen LogP) is 3.02. The molecule has 2 nitrogen and oxygen atoms in total. The van der Waals surface area contributed by atoms with Gasteiger partial charge in [-0.2, -0.15) is 0 Å². The molecule has 0 aliphatic heterocycles. The van der Waals surface area contributed by atoms with Crippen LogP contribution in [0.2, 0.25) is 0 Å². The lowest BCUT2D eigenvalue weighted by atomic mass is 10.1. The van der Waals surface area contributed by atoms with Crippen LogP contribution in [0.1, 0.15) is 32.3 Å². The van der Waals surface area contributed by atoms with E-state index >= 15 is 0 Å². The smallest absolute Gasteiger partial charge is 0.118 e. The predicted molar refractivity (Wildman–Crippen MR) is 76.8 cm³/mol. The first-order valence-corrected chi connectivity index (χ1v) is 6.52. The second-order valence-electron chi connectivity index (χ2n) is 4.42. The molecule has 98 valence electrons. The minimum Gasteiger partial charge on any atom is -0.497 e. The number of aryl methyl sites for hydroxylation is 1. The summed E-state index contributed by atoms with van der Waals surface area (Å²) in [5, 5.41) is 3.48. The quantitative estimate of drug-likeness (QED) is 0.589. The van der Waals surface area contributed by atoms with Gasteiger partial charge in [-0.25, -0.2) is 0 Å². The summed E-state index contributed by atoms with van der Waals surface area (Å²) >= 11 is 0. The van der Waals surface area contributed by atoms with Crippen LogP contribution in [0.3, 0.4) is 0 Å². The molecule has 0 saturated carbocycles. The van der Waals surface area contributed by atoms with E-state index < -0.39 is 0 Å². The zero-order valence-electron chi connectivity index (χ0n) is 11.6. The van der Waals surface area contributed by atoms with Gasteiger partial charge in [0.05, 0.1) is 7.11 Å². The second kappa shape index (κ2) is 8.60. The molecule has 1 aromatic rings. The van der Waals surface area contributed by atoms with Crippen molar-refractivity contribution in [2.45, 2.75) is 39.2 Å². The molecule has 0 radical (unpaired) electrons. The van der Waals surface area contributed by atoms with E-state index in [1.165, 1.54) is 5.56 Å². The minimum absolute atomic E-state index is 0.533. The molecule has 0 spiro atoms. The van der Waals surface area contributed by atoms with Crippen LogP contribution in [0.15, 0.2) is 24.3 Å². The molecule has 0 bridgehead atoms. The van der Waals surface area contributed by atoms with Crippen molar-refractivity contribution in [2.75, 3.05) is 13.7 Å². The third-order valence-electron chi connectivity index (χ3n) is 2.94. The maximum atomic E-state index is 5.15. The summed E-state index contributed by atoms with van der Waals surface area (Å²) in [5.41, 5.74) is 1.36. The van der Waals surface area contributed by atoms with Crippen LogP contribution in [-0.4, -0.2) is 19.7 Å². The van der Waals surface area contributed by atoms with Crippen molar-refractivity contribution in [1.29, 1.82) is 0 Å². The van der Waals surface area contributed by atoms with Crippen molar-refractivity contribution in [2.24, 2.45) is 0 Å². The fourth-order valence-electron chi connectivity index (χ4n) is 1.78. The van der Waals surface area contributed by atoms with Crippen LogP contribution in [-0.2, 0) is 6.42 Å². The number of nitrogens with one attached hydrogen (secondary N) is 1. The molecule has 2 heteroatoms. The van der Waals surface area contributed by atoms with Crippen LogP contribution in [0.25, 0.3) is 0 Å². The molecule has 0 amide bonds. The number of hydrogen-bond acceptors (Lipinski definition) is 2. The molecule has 0 fully saturated rings. The lowest BCUT2D eigenvalue weighted by molar-refractivity contribution is 0.414. The molecule has 1 unspecified atom stereocenters. The number of rotatable bonds is 7. The lowest BCUT2D eigenvalue weighted by Gasteiger charge is -2.12. The van der Waals surface area contributed by atoms with Crippen LogP contribution in [0.4, 0.5) is 0 Å². The summed E-state index contributed by atoms with van der Waals surface area (Å²) in [4.78, 5) is 0. The minimum atomic E-state index is 0.533. The van der Waals surface area contributed by atoms with E-state index in [9.17, 15) is 0 Å². The molecular weight excluding hydrogens is 222 g/mol. The Kier molecular flexibility index (Phi) is 6.98. The zero-order valence-corrected chi connectivity index (χ0v) is 11.6. The topological polar surface area (TPSA) is 21.3 Å². The van der Waals surface area contributed by atoms with Gasteiger partial charge in [0.25, 0.3) is 0 Å². The van der Waals surface area contributed by atoms with E-state index in [0.717, 1.165) is 31.6 Å². The summed E-state index contributed by atoms with van der Waals surface area (Å²) in [6.45, 7) is 5.08. The third-order valence-corrected chi connectivity index (χ3v) is 2.94. The van der Waals surface area contributed by atoms with Gasteiger partial charge in [-0.1, -0.05) is 12.1 Å². The molecule has 0 saturated heterocycles. The summed E-state index contributed by atoms with van der Waals surface area (Å²) < 4.78 is 5.15. The summed E-state index contributed by atoms with van der Waals surface area (Å²) in [5.74, 6) is 6.89. The summed E-state index contributed by atoms with van der Waals surface area (Å²) in [6, 6.07) is 8.84. The van der Waals surface area contributed by atoms with E-state index in [2.05, 4.69) is 36.2 Å². The van der Waals surface area contributed by atoms with E-state index in [1.807, 2.05) is 19.1 Å². The lowest BCUT2D eigenvalue weighted by Crippen LogP contribution is -2.27. The van der Waals surface area contributed by atoms with E-state index in [0.29, 0.717) is 6.04 Å². The van der Waals surface area contributed by atoms with Gasteiger partial charge in [-0.15, -0.1) is 11.8 Å². The first-order chi connectivity index (χ1) is 8.76. The Morgan fingerprint density at radius 3 is 2.61 bits per heavy atom. The van der Waals surface area contributed by atoms with Crippen molar-refractivity contribution in [3.63, 3.8) is 0 Å². The van der Waals surface area contributed by atoms with Crippen molar-refractivity contribution < 1.29 is 4.74 Å². The molecule has 1 atom stereocenters. The number of ether oxygens (including phenoxy) is 1. The Balaban J connectivity index is 2.23. The number of methoxy groups -OCH3 is 1. The molecule has 1 rings (SSSR count). The first kappa shape index (κ1) is 14.6. The SMILES string of the molecule is CC#CCCNC(C)CCc1ccc(OC)cc1. The average Bonchev–Trinajstić information content (AvgIpc) is 2.42. The molecule has 0 aliphatic carbocycles. The Hall–Kier alpha value is -1.46. The molecule has 1 N–H and O–H groups in total. The number of hydrogen-bond donors (Lipinski definition) is 1. The maximum Gasteiger partial charge on any atom is 0.118 e. The van der Waals surface area contributed by atoms with Gasteiger partial charge in [-0.3, -0.25) is 0 Å². The van der Waals surface area contributed by atoms with Crippen LogP contribution in [0, 0.1) is 11.8 Å². The molecule has 0 heterocycles. The molecule has 0 aromatic heterocycles. The van der Waals surface area contributed by atoms with Gasteiger partial charge < -0.3 is 10.1 Å². The fourth-order valence-corrected chi connectivity index (χ4v) is 1.78. The fraction of sp³-hybridized carbons (Fsp3) is 0.500. The number of benzene rings is 1. The largest absolute Gasteiger partial charge is 0.497 e. The van der Waals surface area contributed by atoms with Gasteiger partial charge in [-0.05, 0) is 44.4 Å².